The average molecular weight is 481 g/mol. The molecule has 0 saturated carbocycles. The van der Waals surface area contributed by atoms with Crippen LogP contribution in [0.4, 0.5) is 0 Å². The van der Waals surface area contributed by atoms with Gasteiger partial charge < -0.3 is 10.5 Å². The van der Waals surface area contributed by atoms with Gasteiger partial charge >= 0.3 is 0 Å². The molecule has 0 aliphatic carbocycles. The van der Waals surface area contributed by atoms with E-state index in [-0.39, 0.29) is 11.8 Å². The van der Waals surface area contributed by atoms with Gasteiger partial charge in [-0.2, -0.15) is 10.2 Å². The van der Waals surface area contributed by atoms with E-state index in [1.807, 2.05) is 18.5 Å². The van der Waals surface area contributed by atoms with E-state index < -0.39 is 0 Å². The number of likely N-dealkylation sites (tertiary alicyclic amines) is 1. The molecule has 11 heteroatoms. The minimum Gasteiger partial charge on any atom is -0.493 e. The number of nitrogens with zero attached hydrogens (tertiary/aromatic N) is 6. The summed E-state index contributed by atoms with van der Waals surface area (Å²) in [7, 11) is 1.63. The lowest BCUT2D eigenvalue weighted by Crippen LogP contribution is -2.38. The molecule has 3 N–H and O–H groups in total. The molecule has 0 radical (unpaired) electrons. The van der Waals surface area contributed by atoms with Crippen molar-refractivity contribution in [1.29, 1.82) is 0 Å². The molecule has 0 bridgehead atoms. The fourth-order valence-corrected chi connectivity index (χ4v) is 5.75. The molecule has 0 unspecified atom stereocenters. The molecule has 0 aromatic carbocycles. The van der Waals surface area contributed by atoms with Crippen molar-refractivity contribution in [2.45, 2.75) is 38.5 Å². The van der Waals surface area contributed by atoms with E-state index >= 15 is 0 Å². The quantitative estimate of drug-likeness (QED) is 0.416. The third-order valence-electron chi connectivity index (χ3n) is 6.33. The molecule has 34 heavy (non-hydrogen) atoms. The van der Waals surface area contributed by atoms with Crippen LogP contribution in [-0.4, -0.2) is 67.3 Å². The first-order chi connectivity index (χ1) is 16.4. The molecule has 4 aromatic heterocycles. The molecule has 5 rings (SSSR count). The van der Waals surface area contributed by atoms with Gasteiger partial charge in [0.15, 0.2) is 11.4 Å². The lowest BCUT2D eigenvalue weighted by molar-refractivity contribution is -0.119. The Morgan fingerprint density at radius 1 is 1.32 bits per heavy atom. The van der Waals surface area contributed by atoms with Gasteiger partial charge in [0.05, 0.1) is 19.3 Å². The number of nitrogens with one attached hydrogen (secondary N) is 1. The van der Waals surface area contributed by atoms with E-state index in [9.17, 15) is 4.79 Å². The van der Waals surface area contributed by atoms with Crippen molar-refractivity contribution in [2.75, 3.05) is 26.7 Å². The zero-order valence-electron chi connectivity index (χ0n) is 19.5. The normalized spacial score (nSPS) is 15.4. The highest BCUT2D eigenvalue weighted by Crippen LogP contribution is 2.40. The molecule has 10 nitrogen and oxygen atoms in total. The first kappa shape index (κ1) is 22.5. The van der Waals surface area contributed by atoms with Crippen molar-refractivity contribution in [3.05, 3.63) is 35.2 Å². The zero-order valence-corrected chi connectivity index (χ0v) is 20.3. The molecular weight excluding hydrogens is 452 g/mol. The van der Waals surface area contributed by atoms with Gasteiger partial charge in [0.25, 0.3) is 0 Å². The zero-order chi connectivity index (χ0) is 23.8. The number of carbonyl (C=O) groups is 1. The maximum Gasteiger partial charge on any atom is 0.231 e. The van der Waals surface area contributed by atoms with Gasteiger partial charge in [-0.25, -0.2) is 14.5 Å². The van der Waals surface area contributed by atoms with Gasteiger partial charge in [-0.1, -0.05) is 13.8 Å². The number of rotatable bonds is 7. The minimum atomic E-state index is -0.269. The van der Waals surface area contributed by atoms with E-state index in [1.165, 1.54) is 11.2 Å². The average Bonchev–Trinajstić information content (AvgIpc) is 3.57. The van der Waals surface area contributed by atoms with Gasteiger partial charge in [-0.3, -0.25) is 14.8 Å². The van der Waals surface area contributed by atoms with Crippen molar-refractivity contribution in [3.8, 4) is 27.7 Å². The van der Waals surface area contributed by atoms with Crippen molar-refractivity contribution >= 4 is 22.9 Å². The van der Waals surface area contributed by atoms with Crippen LogP contribution in [0.1, 0.15) is 49.0 Å². The molecule has 1 saturated heterocycles. The fraction of sp³-hybridized carbons (Fsp3) is 0.435. The van der Waals surface area contributed by atoms with Crippen molar-refractivity contribution < 1.29 is 9.53 Å². The molecule has 0 spiro atoms. The van der Waals surface area contributed by atoms with Gasteiger partial charge in [0, 0.05) is 28.4 Å². The molecule has 1 aliphatic heterocycles. The maximum absolute atomic E-state index is 11.2. The van der Waals surface area contributed by atoms with Crippen LogP contribution in [0.2, 0.25) is 0 Å². The largest absolute Gasteiger partial charge is 0.493 e. The molecule has 4 aromatic rings. The van der Waals surface area contributed by atoms with Gasteiger partial charge in [0.1, 0.15) is 17.0 Å². The Kier molecular flexibility index (Phi) is 6.05. The third-order valence-corrected chi connectivity index (χ3v) is 7.49. The number of fused-ring (bicyclic) bond motifs is 1. The predicted molar refractivity (Wildman–Crippen MR) is 130 cm³/mol. The Morgan fingerprint density at radius 3 is 2.82 bits per heavy atom. The number of ether oxygens (including phenoxy) is 1. The van der Waals surface area contributed by atoms with E-state index in [4.69, 9.17) is 15.5 Å². The molecule has 178 valence electrons. The standard InChI is InChI=1S/C23H28N8O2S/c1-13(2)19-20(15-8-16(33-3)22-26-12-27-31(22)10-15)28-29-21(19)23-25-9-17(34-23)14-4-6-30(7-5-14)11-18(24)32/h8-10,12-14H,4-7,11H2,1-3H3,(H2,24,32)(H,28,29). The highest BCUT2D eigenvalue weighted by atomic mass is 32.1. The number of carbonyl (C=O) groups excluding carboxylic acids is 1. The molecule has 1 amide bonds. The molecule has 5 heterocycles. The smallest absolute Gasteiger partial charge is 0.231 e. The van der Waals surface area contributed by atoms with Gasteiger partial charge in [-0.05, 0) is 43.8 Å². The topological polar surface area (TPSA) is 127 Å². The fourth-order valence-electron chi connectivity index (χ4n) is 4.66. The minimum absolute atomic E-state index is 0.227. The number of methoxy groups -OCH3 is 1. The van der Waals surface area contributed by atoms with E-state index in [0.717, 1.165) is 53.5 Å². The van der Waals surface area contributed by atoms with Crippen LogP contribution < -0.4 is 10.5 Å². The van der Waals surface area contributed by atoms with Gasteiger partial charge in [-0.15, -0.1) is 11.3 Å². The van der Waals surface area contributed by atoms with Crippen LogP contribution in [0.15, 0.2) is 24.8 Å². The van der Waals surface area contributed by atoms with E-state index in [2.05, 4.69) is 39.0 Å². The summed E-state index contributed by atoms with van der Waals surface area (Å²) in [6.07, 6.45) is 7.42. The molecule has 1 aliphatic rings. The van der Waals surface area contributed by atoms with Crippen LogP contribution in [0, 0.1) is 0 Å². The SMILES string of the molecule is COc1cc(-c2[nH]nc(-c3ncc(C4CCN(CC(N)=O)CC4)s3)c2C(C)C)cn2ncnc12. The second kappa shape index (κ2) is 9.15. The molecule has 0 atom stereocenters. The van der Waals surface area contributed by atoms with Crippen LogP contribution in [-0.2, 0) is 4.79 Å². The molecular formula is C23H28N8O2S. The first-order valence-electron chi connectivity index (χ1n) is 11.4. The lowest BCUT2D eigenvalue weighted by Gasteiger charge is -2.30. The predicted octanol–water partition coefficient (Wildman–Crippen LogP) is 3.04. The number of piperidine rings is 1. The Hall–Kier alpha value is -3.31. The lowest BCUT2D eigenvalue weighted by atomic mass is 9.96. The highest BCUT2D eigenvalue weighted by Gasteiger charge is 2.26. The molecule has 1 fully saturated rings. The van der Waals surface area contributed by atoms with E-state index in [1.54, 1.807) is 23.0 Å². The summed E-state index contributed by atoms with van der Waals surface area (Å²) in [5.41, 5.74) is 9.86. The summed E-state index contributed by atoms with van der Waals surface area (Å²) in [4.78, 5) is 23.6. The Morgan fingerprint density at radius 2 is 2.12 bits per heavy atom. The number of pyridine rings is 1. The number of thiazole rings is 1. The van der Waals surface area contributed by atoms with Crippen LogP contribution >= 0.6 is 11.3 Å². The third kappa shape index (κ3) is 4.16. The Bertz CT molecular complexity index is 1320. The van der Waals surface area contributed by atoms with E-state index in [0.29, 0.717) is 23.9 Å². The summed E-state index contributed by atoms with van der Waals surface area (Å²) < 4.78 is 7.26. The number of H-pyrrole nitrogens is 1. The summed E-state index contributed by atoms with van der Waals surface area (Å²) in [6.45, 7) is 6.40. The Balaban J connectivity index is 1.44. The first-order valence-corrected chi connectivity index (χ1v) is 12.2. The maximum atomic E-state index is 11.2. The second-order valence-corrected chi connectivity index (χ2v) is 9.99. The number of hydrogen-bond acceptors (Lipinski definition) is 8. The summed E-state index contributed by atoms with van der Waals surface area (Å²) in [6, 6.07) is 1.96. The summed E-state index contributed by atoms with van der Waals surface area (Å²) >= 11 is 1.70. The van der Waals surface area contributed by atoms with Crippen LogP contribution in [0.5, 0.6) is 5.75 Å². The Labute approximate surface area is 201 Å². The van der Waals surface area contributed by atoms with Gasteiger partial charge in [0.2, 0.25) is 5.91 Å². The van der Waals surface area contributed by atoms with Crippen LogP contribution in [0.3, 0.4) is 0 Å². The number of hydrogen-bond donors (Lipinski definition) is 2. The second-order valence-electron chi connectivity index (χ2n) is 8.93. The number of amides is 1. The monoisotopic (exact) mass is 480 g/mol. The summed E-state index contributed by atoms with van der Waals surface area (Å²) in [5, 5.41) is 13.1. The van der Waals surface area contributed by atoms with Crippen molar-refractivity contribution in [1.82, 2.24) is 34.7 Å². The highest BCUT2D eigenvalue weighted by molar-refractivity contribution is 7.15. The van der Waals surface area contributed by atoms with Crippen molar-refractivity contribution in [2.24, 2.45) is 5.73 Å². The van der Waals surface area contributed by atoms with Crippen molar-refractivity contribution in [3.63, 3.8) is 0 Å². The number of nitrogens with two attached hydrogens (primary N) is 1. The number of aromatic amines is 1. The number of aromatic nitrogens is 6. The van der Waals surface area contributed by atoms with Crippen LogP contribution in [0.25, 0.3) is 27.6 Å². The summed E-state index contributed by atoms with van der Waals surface area (Å²) in [5.74, 6) is 1.05. The number of primary amides is 1.